The number of nitrogens with two attached hydrogens (primary N) is 1. The molecule has 4 N–H and O–H groups in total. The number of amides is 2. The van der Waals surface area contributed by atoms with Crippen molar-refractivity contribution in [3.8, 4) is 0 Å². The predicted octanol–water partition coefficient (Wildman–Crippen LogP) is -0.163. The molecule has 0 aromatic carbocycles. The first-order valence-corrected chi connectivity index (χ1v) is 7.88. The summed E-state index contributed by atoms with van der Waals surface area (Å²) in [6, 6.07) is -0.146. The molecule has 0 aliphatic carbocycles. The first-order valence-electron chi connectivity index (χ1n) is 7.88. The van der Waals surface area contributed by atoms with Gasteiger partial charge in [0.2, 0.25) is 5.91 Å². The molecular formula is C15H29N3O5. The highest BCUT2D eigenvalue weighted by molar-refractivity contribution is 5.78. The molecule has 1 aliphatic rings. The van der Waals surface area contributed by atoms with Crippen molar-refractivity contribution >= 4 is 12.0 Å². The van der Waals surface area contributed by atoms with Crippen molar-refractivity contribution in [1.82, 2.24) is 10.2 Å². The van der Waals surface area contributed by atoms with Gasteiger partial charge in [-0.1, -0.05) is 0 Å². The van der Waals surface area contributed by atoms with Crippen LogP contribution in [0.5, 0.6) is 0 Å². The summed E-state index contributed by atoms with van der Waals surface area (Å²) >= 11 is 0. The molecule has 1 saturated heterocycles. The summed E-state index contributed by atoms with van der Waals surface area (Å²) < 4.78 is 10.9. The fraction of sp³-hybridized carbons (Fsp3) is 0.867. The van der Waals surface area contributed by atoms with Gasteiger partial charge in [-0.05, 0) is 34.1 Å². The highest BCUT2D eigenvalue weighted by Crippen LogP contribution is 2.17. The molecule has 8 heteroatoms. The van der Waals surface area contributed by atoms with E-state index in [1.807, 2.05) is 27.7 Å². The lowest BCUT2D eigenvalue weighted by Crippen LogP contribution is -2.52. The van der Waals surface area contributed by atoms with E-state index in [0.29, 0.717) is 26.2 Å². The van der Waals surface area contributed by atoms with Crippen LogP contribution in [0.25, 0.3) is 0 Å². The first-order chi connectivity index (χ1) is 10.6. The van der Waals surface area contributed by atoms with E-state index in [9.17, 15) is 14.7 Å². The Kier molecular flexibility index (Phi) is 7.24. The van der Waals surface area contributed by atoms with Crippen molar-refractivity contribution in [2.75, 3.05) is 26.3 Å². The van der Waals surface area contributed by atoms with Crippen LogP contribution in [0.2, 0.25) is 0 Å². The maximum atomic E-state index is 12.3. The molecule has 1 heterocycles. The molecule has 3 atom stereocenters. The molecule has 23 heavy (non-hydrogen) atoms. The second kappa shape index (κ2) is 8.47. The standard InChI is InChI=1S/C15H29N3O5/c1-10(17-8-12(19)13(16)20)7-11-9-22-6-5-18(11)14(21)23-15(2,3)4/h10-12,17,19H,5-9H2,1-4H3,(H2,16,20). The Morgan fingerprint density at radius 3 is 2.70 bits per heavy atom. The van der Waals surface area contributed by atoms with Gasteiger partial charge < -0.3 is 30.5 Å². The van der Waals surface area contributed by atoms with Crippen LogP contribution in [-0.4, -0.2) is 72.1 Å². The zero-order valence-corrected chi connectivity index (χ0v) is 14.4. The Morgan fingerprint density at radius 1 is 1.48 bits per heavy atom. The average molecular weight is 331 g/mol. The summed E-state index contributed by atoms with van der Waals surface area (Å²) in [7, 11) is 0. The second-order valence-corrected chi connectivity index (χ2v) is 6.87. The number of carbonyl (C=O) groups excluding carboxylic acids is 2. The van der Waals surface area contributed by atoms with Gasteiger partial charge in [-0.2, -0.15) is 0 Å². The molecule has 0 radical (unpaired) electrons. The fourth-order valence-corrected chi connectivity index (χ4v) is 2.32. The molecule has 134 valence electrons. The van der Waals surface area contributed by atoms with Crippen molar-refractivity contribution in [1.29, 1.82) is 0 Å². The van der Waals surface area contributed by atoms with E-state index in [0.717, 1.165) is 0 Å². The number of nitrogens with one attached hydrogen (secondary N) is 1. The maximum Gasteiger partial charge on any atom is 0.410 e. The van der Waals surface area contributed by atoms with Gasteiger partial charge in [0.1, 0.15) is 11.7 Å². The van der Waals surface area contributed by atoms with Crippen molar-refractivity contribution in [2.24, 2.45) is 5.73 Å². The Hall–Kier alpha value is -1.38. The van der Waals surface area contributed by atoms with Crippen LogP contribution < -0.4 is 11.1 Å². The van der Waals surface area contributed by atoms with Crippen LogP contribution in [0.4, 0.5) is 4.79 Å². The molecule has 3 unspecified atom stereocenters. The molecular weight excluding hydrogens is 302 g/mol. The summed E-state index contributed by atoms with van der Waals surface area (Å²) in [5, 5.41) is 12.4. The van der Waals surface area contributed by atoms with Crippen LogP contribution in [0, 0.1) is 0 Å². The summed E-state index contributed by atoms with van der Waals surface area (Å²) in [4.78, 5) is 24.8. The summed E-state index contributed by atoms with van der Waals surface area (Å²) in [5.74, 6) is -0.763. The number of hydrogen-bond donors (Lipinski definition) is 3. The third kappa shape index (κ3) is 7.15. The maximum absolute atomic E-state index is 12.3. The van der Waals surface area contributed by atoms with Gasteiger partial charge in [0.05, 0.1) is 19.3 Å². The number of hydrogen-bond acceptors (Lipinski definition) is 6. The second-order valence-electron chi connectivity index (χ2n) is 6.87. The van der Waals surface area contributed by atoms with Gasteiger partial charge in [-0.15, -0.1) is 0 Å². The third-order valence-corrected chi connectivity index (χ3v) is 3.47. The molecule has 0 bridgehead atoms. The van der Waals surface area contributed by atoms with E-state index in [2.05, 4.69) is 5.32 Å². The van der Waals surface area contributed by atoms with Gasteiger partial charge in [0.25, 0.3) is 0 Å². The molecule has 0 aromatic heterocycles. The molecule has 8 nitrogen and oxygen atoms in total. The number of rotatable bonds is 6. The van der Waals surface area contributed by atoms with E-state index >= 15 is 0 Å². The smallest absolute Gasteiger partial charge is 0.410 e. The summed E-state index contributed by atoms with van der Waals surface area (Å²) in [5.41, 5.74) is 4.46. The molecule has 1 aliphatic heterocycles. The summed E-state index contributed by atoms with van der Waals surface area (Å²) in [6.45, 7) is 8.88. The quantitative estimate of drug-likeness (QED) is 0.623. The van der Waals surface area contributed by atoms with Crippen molar-refractivity contribution in [2.45, 2.75) is 57.9 Å². The Morgan fingerprint density at radius 2 is 2.13 bits per heavy atom. The lowest BCUT2D eigenvalue weighted by Gasteiger charge is -2.37. The van der Waals surface area contributed by atoms with Gasteiger partial charge in [0.15, 0.2) is 0 Å². The van der Waals surface area contributed by atoms with Crippen LogP contribution in [0.3, 0.4) is 0 Å². The Balaban J connectivity index is 2.54. The number of nitrogens with zero attached hydrogens (tertiary/aromatic N) is 1. The lowest BCUT2D eigenvalue weighted by atomic mass is 10.1. The zero-order valence-electron chi connectivity index (χ0n) is 14.4. The minimum atomic E-state index is -1.22. The highest BCUT2D eigenvalue weighted by Gasteiger charge is 2.31. The highest BCUT2D eigenvalue weighted by atomic mass is 16.6. The number of ether oxygens (including phenoxy) is 2. The average Bonchev–Trinajstić information content (AvgIpc) is 2.43. The summed E-state index contributed by atoms with van der Waals surface area (Å²) in [6.07, 6.45) is -0.956. The monoisotopic (exact) mass is 331 g/mol. The fourth-order valence-electron chi connectivity index (χ4n) is 2.32. The third-order valence-electron chi connectivity index (χ3n) is 3.47. The predicted molar refractivity (Wildman–Crippen MR) is 84.8 cm³/mol. The van der Waals surface area contributed by atoms with E-state index in [1.165, 1.54) is 0 Å². The Bertz CT molecular complexity index is 410. The molecule has 2 amide bonds. The van der Waals surface area contributed by atoms with Gasteiger partial charge in [-0.25, -0.2) is 4.79 Å². The van der Waals surface area contributed by atoms with Gasteiger partial charge in [0, 0.05) is 19.1 Å². The van der Waals surface area contributed by atoms with Crippen molar-refractivity contribution < 1.29 is 24.2 Å². The number of primary amides is 1. The lowest BCUT2D eigenvalue weighted by molar-refractivity contribution is -0.125. The van der Waals surface area contributed by atoms with Crippen molar-refractivity contribution in [3.63, 3.8) is 0 Å². The van der Waals surface area contributed by atoms with Crippen LogP contribution >= 0.6 is 0 Å². The van der Waals surface area contributed by atoms with Crippen molar-refractivity contribution in [3.05, 3.63) is 0 Å². The molecule has 1 rings (SSSR count). The van der Waals surface area contributed by atoms with E-state index < -0.39 is 17.6 Å². The van der Waals surface area contributed by atoms with Gasteiger partial charge in [-0.3, -0.25) is 4.79 Å². The van der Waals surface area contributed by atoms with Gasteiger partial charge >= 0.3 is 6.09 Å². The Labute approximate surface area is 137 Å². The normalized spacial score (nSPS) is 21.6. The van der Waals surface area contributed by atoms with E-state index in [-0.39, 0.29) is 24.7 Å². The van der Waals surface area contributed by atoms with Crippen LogP contribution in [0.15, 0.2) is 0 Å². The van der Waals surface area contributed by atoms with Crippen LogP contribution in [0.1, 0.15) is 34.1 Å². The van der Waals surface area contributed by atoms with Crippen LogP contribution in [-0.2, 0) is 14.3 Å². The number of aliphatic hydroxyl groups excluding tert-OH is 1. The first kappa shape index (κ1) is 19.7. The molecule has 0 aromatic rings. The van der Waals surface area contributed by atoms with E-state index in [1.54, 1.807) is 4.90 Å². The largest absolute Gasteiger partial charge is 0.444 e. The zero-order chi connectivity index (χ0) is 17.6. The molecule has 0 spiro atoms. The number of carbonyl (C=O) groups is 2. The minimum Gasteiger partial charge on any atom is -0.444 e. The molecule has 1 fully saturated rings. The topological polar surface area (TPSA) is 114 Å². The number of morpholine rings is 1. The number of aliphatic hydroxyl groups is 1. The molecule has 0 saturated carbocycles. The SMILES string of the molecule is CC(CC1COCCN1C(=O)OC(C)(C)C)NCC(O)C(N)=O. The minimum absolute atomic E-state index is 0.0272. The van der Waals surface area contributed by atoms with E-state index in [4.69, 9.17) is 15.2 Å².